The van der Waals surface area contributed by atoms with Crippen molar-refractivity contribution in [2.75, 3.05) is 0 Å². The van der Waals surface area contributed by atoms with Gasteiger partial charge in [-0.25, -0.2) is 8.78 Å². The third kappa shape index (κ3) is 3.30. The Labute approximate surface area is 130 Å². The highest BCUT2D eigenvalue weighted by atomic mass is 79.9. The number of benzene rings is 1. The molecule has 0 spiro atoms. The molecule has 0 aliphatic rings. The molecule has 0 bridgehead atoms. The Morgan fingerprint density at radius 1 is 1.43 bits per heavy atom. The van der Waals surface area contributed by atoms with Crippen LogP contribution in [0.3, 0.4) is 0 Å². The van der Waals surface area contributed by atoms with Crippen LogP contribution in [-0.4, -0.2) is 9.78 Å². The predicted octanol–water partition coefficient (Wildman–Crippen LogP) is 3.00. The molecule has 3 N–H and O–H groups in total. The lowest BCUT2D eigenvalue weighted by Gasteiger charge is -2.18. The molecular weight excluding hydrogens is 342 g/mol. The minimum absolute atomic E-state index is 0.00571. The molecule has 1 unspecified atom stereocenters. The van der Waals surface area contributed by atoms with Crippen LogP contribution in [0.1, 0.15) is 29.9 Å². The third-order valence-corrected chi connectivity index (χ3v) is 3.95. The van der Waals surface area contributed by atoms with Crippen molar-refractivity contribution < 1.29 is 8.78 Å². The van der Waals surface area contributed by atoms with Crippen molar-refractivity contribution in [3.8, 4) is 0 Å². The summed E-state index contributed by atoms with van der Waals surface area (Å²) < 4.78 is 30.0. The second kappa shape index (κ2) is 6.64. The second-order valence-corrected chi connectivity index (χ2v) is 5.63. The molecule has 0 saturated heterocycles. The summed E-state index contributed by atoms with van der Waals surface area (Å²) >= 11 is 3.07. The van der Waals surface area contributed by atoms with Crippen LogP contribution in [0.15, 0.2) is 22.7 Å². The molecule has 1 atom stereocenters. The fraction of sp³-hybridized carbons (Fsp3) is 0.357. The molecule has 2 aromatic rings. The molecule has 1 aromatic heterocycles. The molecule has 1 aromatic carbocycles. The van der Waals surface area contributed by atoms with Crippen molar-refractivity contribution in [1.82, 2.24) is 15.2 Å². The molecule has 0 saturated carbocycles. The number of nitrogens with one attached hydrogen (secondary N) is 1. The first-order valence-corrected chi connectivity index (χ1v) is 7.40. The van der Waals surface area contributed by atoms with Crippen molar-refractivity contribution in [3.05, 3.63) is 51.3 Å². The van der Waals surface area contributed by atoms with Gasteiger partial charge in [-0.1, -0.05) is 0 Å². The van der Waals surface area contributed by atoms with Crippen LogP contribution in [0.5, 0.6) is 0 Å². The summed E-state index contributed by atoms with van der Waals surface area (Å²) in [5.74, 6) is 4.39. The second-order valence-electron chi connectivity index (χ2n) is 4.77. The topological polar surface area (TPSA) is 55.9 Å². The molecule has 0 amide bonds. The van der Waals surface area contributed by atoms with Crippen LogP contribution in [0.4, 0.5) is 8.78 Å². The zero-order valence-electron chi connectivity index (χ0n) is 11.8. The Hall–Kier alpha value is -1.31. The summed E-state index contributed by atoms with van der Waals surface area (Å²) in [6.07, 6.45) is 0.0960. The summed E-state index contributed by atoms with van der Waals surface area (Å²) in [5.41, 5.74) is 4.25. The Balaban J connectivity index is 2.38. The van der Waals surface area contributed by atoms with Gasteiger partial charge in [0.15, 0.2) is 0 Å². The molecule has 0 fully saturated rings. The van der Waals surface area contributed by atoms with Crippen LogP contribution >= 0.6 is 15.9 Å². The Morgan fingerprint density at radius 2 is 2.14 bits per heavy atom. The van der Waals surface area contributed by atoms with E-state index in [4.69, 9.17) is 5.84 Å². The van der Waals surface area contributed by atoms with Crippen LogP contribution < -0.4 is 11.3 Å². The van der Waals surface area contributed by atoms with E-state index in [1.54, 1.807) is 4.68 Å². The van der Waals surface area contributed by atoms with Crippen molar-refractivity contribution in [3.63, 3.8) is 0 Å². The summed E-state index contributed by atoms with van der Waals surface area (Å²) in [5, 5.41) is 4.33. The van der Waals surface area contributed by atoms with Crippen molar-refractivity contribution in [2.45, 2.75) is 32.9 Å². The zero-order valence-corrected chi connectivity index (χ0v) is 13.4. The largest absolute Gasteiger partial charge is 0.271 e. The van der Waals surface area contributed by atoms with Crippen LogP contribution in [-0.2, 0) is 13.0 Å². The minimum atomic E-state index is -0.602. The molecule has 21 heavy (non-hydrogen) atoms. The number of rotatable bonds is 5. The van der Waals surface area contributed by atoms with Gasteiger partial charge in [-0.3, -0.25) is 16.0 Å². The van der Waals surface area contributed by atoms with Crippen molar-refractivity contribution >= 4 is 15.9 Å². The molecular formula is C14H17BrF2N4. The van der Waals surface area contributed by atoms with E-state index in [9.17, 15) is 8.78 Å². The first-order chi connectivity index (χ1) is 9.97. The standard InChI is InChI=1S/C14H17BrF2N4/c1-3-21-13(6-8(2)20-21)12(19-18)7-9-11(16)5-4-10(15)14(9)17/h4-6,12,19H,3,7,18H2,1-2H3. The number of hydrogen-bond acceptors (Lipinski definition) is 3. The highest BCUT2D eigenvalue weighted by molar-refractivity contribution is 9.10. The first-order valence-electron chi connectivity index (χ1n) is 6.60. The maximum atomic E-state index is 14.1. The summed E-state index contributed by atoms with van der Waals surface area (Å²) in [4.78, 5) is 0. The average molecular weight is 359 g/mol. The highest BCUT2D eigenvalue weighted by Gasteiger charge is 2.21. The maximum absolute atomic E-state index is 14.1. The number of nitrogens with zero attached hydrogens (tertiary/aromatic N) is 2. The predicted molar refractivity (Wildman–Crippen MR) is 80.5 cm³/mol. The Kier molecular flexibility index (Phi) is 5.08. The van der Waals surface area contributed by atoms with Gasteiger partial charge in [-0.15, -0.1) is 0 Å². The van der Waals surface area contributed by atoms with E-state index in [2.05, 4.69) is 26.5 Å². The lowest BCUT2D eigenvalue weighted by Crippen LogP contribution is -2.32. The van der Waals surface area contributed by atoms with E-state index in [-0.39, 0.29) is 16.5 Å². The zero-order chi connectivity index (χ0) is 15.6. The molecule has 114 valence electrons. The van der Waals surface area contributed by atoms with Gasteiger partial charge in [0, 0.05) is 18.5 Å². The smallest absolute Gasteiger partial charge is 0.143 e. The van der Waals surface area contributed by atoms with Gasteiger partial charge >= 0.3 is 0 Å². The van der Waals surface area contributed by atoms with Gasteiger partial charge < -0.3 is 0 Å². The van der Waals surface area contributed by atoms with Gasteiger partial charge in [0.2, 0.25) is 0 Å². The number of halogens is 3. The normalized spacial score (nSPS) is 12.7. The molecule has 7 heteroatoms. The quantitative estimate of drug-likeness (QED) is 0.490. The van der Waals surface area contributed by atoms with Crippen LogP contribution in [0.25, 0.3) is 0 Å². The SMILES string of the molecule is CCn1nc(C)cc1C(Cc1c(F)ccc(Br)c1F)NN. The monoisotopic (exact) mass is 358 g/mol. The highest BCUT2D eigenvalue weighted by Crippen LogP contribution is 2.26. The minimum Gasteiger partial charge on any atom is -0.271 e. The fourth-order valence-corrected chi connectivity index (χ4v) is 2.68. The first kappa shape index (κ1) is 16.1. The summed E-state index contributed by atoms with van der Waals surface area (Å²) in [7, 11) is 0. The van der Waals surface area contributed by atoms with E-state index in [0.29, 0.717) is 6.54 Å². The van der Waals surface area contributed by atoms with Crippen molar-refractivity contribution in [1.29, 1.82) is 0 Å². The van der Waals surface area contributed by atoms with Crippen LogP contribution in [0.2, 0.25) is 0 Å². The number of nitrogens with two attached hydrogens (primary N) is 1. The average Bonchev–Trinajstić information content (AvgIpc) is 2.84. The molecule has 0 aliphatic carbocycles. The molecule has 2 rings (SSSR count). The van der Waals surface area contributed by atoms with Crippen molar-refractivity contribution in [2.24, 2.45) is 5.84 Å². The van der Waals surface area contributed by atoms with Crippen LogP contribution in [0, 0.1) is 18.6 Å². The van der Waals surface area contributed by atoms with Gasteiger partial charge in [0.05, 0.1) is 21.9 Å². The Bertz CT molecular complexity index is 642. The fourth-order valence-electron chi connectivity index (χ4n) is 2.31. The van der Waals surface area contributed by atoms with Gasteiger partial charge in [0.25, 0.3) is 0 Å². The number of aryl methyl sites for hydroxylation is 2. The van der Waals surface area contributed by atoms with Gasteiger partial charge in [0.1, 0.15) is 11.6 Å². The maximum Gasteiger partial charge on any atom is 0.143 e. The van der Waals surface area contributed by atoms with E-state index >= 15 is 0 Å². The number of hydrazine groups is 1. The van der Waals surface area contributed by atoms with E-state index in [1.165, 1.54) is 12.1 Å². The van der Waals surface area contributed by atoms with E-state index in [0.717, 1.165) is 11.4 Å². The molecule has 1 heterocycles. The van der Waals surface area contributed by atoms with E-state index in [1.807, 2.05) is 19.9 Å². The van der Waals surface area contributed by atoms with Gasteiger partial charge in [-0.05, 0) is 48.0 Å². The summed E-state index contributed by atoms with van der Waals surface area (Å²) in [6.45, 7) is 4.47. The third-order valence-electron chi connectivity index (χ3n) is 3.34. The number of aromatic nitrogens is 2. The summed E-state index contributed by atoms with van der Waals surface area (Å²) in [6, 6.07) is 4.02. The lowest BCUT2D eigenvalue weighted by atomic mass is 10.0. The molecule has 0 radical (unpaired) electrons. The molecule has 4 nitrogen and oxygen atoms in total. The lowest BCUT2D eigenvalue weighted by molar-refractivity contribution is 0.465. The van der Waals surface area contributed by atoms with E-state index < -0.39 is 17.7 Å². The molecule has 0 aliphatic heterocycles. The number of hydrogen-bond donors (Lipinski definition) is 2. The van der Waals surface area contributed by atoms with Gasteiger partial charge in [-0.2, -0.15) is 5.10 Å². The Morgan fingerprint density at radius 3 is 2.76 bits per heavy atom.